The maximum Gasteiger partial charge on any atom is 0.408 e. The van der Waals surface area contributed by atoms with Crippen LogP contribution in [0.5, 0.6) is 0 Å². The van der Waals surface area contributed by atoms with Gasteiger partial charge in [0.2, 0.25) is 11.8 Å². The topological polar surface area (TPSA) is 134 Å². The van der Waals surface area contributed by atoms with Crippen molar-refractivity contribution >= 4 is 35.6 Å². The summed E-state index contributed by atoms with van der Waals surface area (Å²) in [5.41, 5.74) is 2.16. The highest BCUT2D eigenvalue weighted by molar-refractivity contribution is 8.00. The fourth-order valence-corrected chi connectivity index (χ4v) is 5.66. The van der Waals surface area contributed by atoms with Crippen molar-refractivity contribution < 1.29 is 29.0 Å². The van der Waals surface area contributed by atoms with E-state index in [2.05, 4.69) is 16.0 Å². The first-order valence-electron chi connectivity index (χ1n) is 13.1. The van der Waals surface area contributed by atoms with E-state index in [9.17, 15) is 24.3 Å². The number of rotatable bonds is 12. The standard InChI is InChI=1S/C31H35N3O6S/c1-30(2,3)40-29(39)33-19-26(35)32-20-27(36)34-25(28(37)38)21-41-31(22-13-7-4-8-14-22,23-15-9-5-10-16-23)24-17-11-6-12-18-24/h4-18,25H,19-21H2,1-3H3,(H,32,35)(H,33,39)(H,34,36)(H,37,38)/t25-/m0/s1. The van der Waals surface area contributed by atoms with Gasteiger partial charge >= 0.3 is 12.1 Å². The van der Waals surface area contributed by atoms with Gasteiger partial charge in [-0.2, -0.15) is 0 Å². The summed E-state index contributed by atoms with van der Waals surface area (Å²) in [5.74, 6) is -2.46. The van der Waals surface area contributed by atoms with Gasteiger partial charge in [-0.05, 0) is 37.5 Å². The van der Waals surface area contributed by atoms with Crippen LogP contribution in [0.1, 0.15) is 37.5 Å². The Labute approximate surface area is 244 Å². The van der Waals surface area contributed by atoms with Crippen LogP contribution < -0.4 is 16.0 Å². The van der Waals surface area contributed by atoms with E-state index in [-0.39, 0.29) is 5.75 Å². The van der Waals surface area contributed by atoms with Crippen LogP contribution in [-0.4, -0.2) is 59.5 Å². The molecule has 0 aliphatic heterocycles. The number of aliphatic carboxylic acids is 1. The Bertz CT molecular complexity index is 1220. The molecule has 0 unspecified atom stereocenters. The molecule has 0 saturated carbocycles. The molecule has 0 spiro atoms. The van der Waals surface area contributed by atoms with Crippen LogP contribution in [0, 0.1) is 0 Å². The summed E-state index contributed by atoms with van der Waals surface area (Å²) in [6.07, 6.45) is -0.765. The number of benzene rings is 3. The van der Waals surface area contributed by atoms with Crippen LogP contribution in [0.3, 0.4) is 0 Å². The molecule has 0 fully saturated rings. The molecule has 0 heterocycles. The summed E-state index contributed by atoms with van der Waals surface area (Å²) in [4.78, 5) is 48.6. The Kier molecular flexibility index (Phi) is 10.9. The first-order valence-corrected chi connectivity index (χ1v) is 14.1. The zero-order valence-corrected chi connectivity index (χ0v) is 24.1. The van der Waals surface area contributed by atoms with Crippen molar-refractivity contribution in [3.63, 3.8) is 0 Å². The van der Waals surface area contributed by atoms with Gasteiger partial charge in [0.25, 0.3) is 0 Å². The van der Waals surface area contributed by atoms with Crippen LogP contribution in [-0.2, 0) is 23.9 Å². The lowest BCUT2D eigenvalue weighted by Gasteiger charge is -2.36. The molecule has 0 aliphatic rings. The Morgan fingerprint density at radius 3 is 1.59 bits per heavy atom. The average Bonchev–Trinajstić information content (AvgIpc) is 2.95. The van der Waals surface area contributed by atoms with Crippen LogP contribution in [0.2, 0.25) is 0 Å². The monoisotopic (exact) mass is 577 g/mol. The van der Waals surface area contributed by atoms with Crippen molar-refractivity contribution in [2.45, 2.75) is 37.2 Å². The molecule has 0 aromatic heterocycles. The van der Waals surface area contributed by atoms with E-state index in [1.165, 1.54) is 11.8 Å². The summed E-state index contributed by atoms with van der Waals surface area (Å²) in [6.45, 7) is 4.23. The number of carbonyl (C=O) groups excluding carboxylic acids is 3. The lowest BCUT2D eigenvalue weighted by molar-refractivity contribution is -0.141. The van der Waals surface area contributed by atoms with Gasteiger partial charge in [0, 0.05) is 5.75 Å². The molecule has 10 heteroatoms. The number of hydrogen-bond donors (Lipinski definition) is 4. The number of ether oxygens (including phenoxy) is 1. The highest BCUT2D eigenvalue weighted by Crippen LogP contribution is 2.48. The van der Waals surface area contributed by atoms with E-state index < -0.39 is 53.4 Å². The zero-order chi connectivity index (χ0) is 29.9. The van der Waals surface area contributed by atoms with Gasteiger partial charge in [-0.25, -0.2) is 9.59 Å². The summed E-state index contributed by atoms with van der Waals surface area (Å²) < 4.78 is 4.31. The first-order chi connectivity index (χ1) is 19.5. The largest absolute Gasteiger partial charge is 0.480 e. The minimum absolute atomic E-state index is 0.0356. The van der Waals surface area contributed by atoms with Gasteiger partial charge in [0.15, 0.2) is 0 Å². The van der Waals surface area contributed by atoms with Crippen molar-refractivity contribution in [1.82, 2.24) is 16.0 Å². The summed E-state index contributed by atoms with van der Waals surface area (Å²) in [6, 6.07) is 28.2. The van der Waals surface area contributed by atoms with Crippen molar-refractivity contribution in [1.29, 1.82) is 0 Å². The number of carbonyl (C=O) groups is 4. The van der Waals surface area contributed by atoms with Crippen LogP contribution in [0.25, 0.3) is 0 Å². The Hall–Kier alpha value is -4.31. The van der Waals surface area contributed by atoms with Crippen molar-refractivity contribution in [2.75, 3.05) is 18.8 Å². The predicted octanol–water partition coefficient (Wildman–Crippen LogP) is 3.92. The number of thioether (sulfide) groups is 1. The maximum atomic E-state index is 12.6. The number of hydrogen-bond acceptors (Lipinski definition) is 6. The number of alkyl carbamates (subject to hydrolysis) is 1. The van der Waals surface area contributed by atoms with E-state index in [0.717, 1.165) is 16.7 Å². The number of carboxylic acid groups (broad SMARTS) is 1. The molecule has 0 radical (unpaired) electrons. The molecule has 4 N–H and O–H groups in total. The van der Waals surface area contributed by atoms with Crippen molar-refractivity contribution in [3.05, 3.63) is 108 Å². The number of amides is 3. The second kappa shape index (κ2) is 14.4. The van der Waals surface area contributed by atoms with E-state index in [4.69, 9.17) is 4.74 Å². The van der Waals surface area contributed by atoms with Crippen molar-refractivity contribution in [2.24, 2.45) is 0 Å². The summed E-state index contributed by atoms with van der Waals surface area (Å²) in [7, 11) is 0. The minimum Gasteiger partial charge on any atom is -0.480 e. The lowest BCUT2D eigenvalue weighted by Crippen LogP contribution is -2.48. The van der Waals surface area contributed by atoms with Crippen molar-refractivity contribution in [3.8, 4) is 0 Å². The molecule has 216 valence electrons. The zero-order valence-electron chi connectivity index (χ0n) is 23.3. The Balaban J connectivity index is 1.73. The molecular weight excluding hydrogens is 542 g/mol. The molecule has 3 aromatic rings. The van der Waals surface area contributed by atoms with E-state index in [1.807, 2.05) is 91.0 Å². The molecule has 0 bridgehead atoms. The summed E-state index contributed by atoms with van der Waals surface area (Å²) >= 11 is 1.40. The average molecular weight is 578 g/mol. The number of carboxylic acids is 1. The second-order valence-corrected chi connectivity index (χ2v) is 11.4. The van der Waals surface area contributed by atoms with E-state index >= 15 is 0 Å². The maximum absolute atomic E-state index is 12.6. The fourth-order valence-electron chi connectivity index (χ4n) is 4.10. The molecule has 0 aliphatic carbocycles. The SMILES string of the molecule is CC(C)(C)OC(=O)NCC(=O)NCC(=O)N[C@@H](CSC(c1ccccc1)(c1ccccc1)c1ccccc1)C(=O)O. The molecule has 9 nitrogen and oxygen atoms in total. The number of nitrogens with one attached hydrogen (secondary N) is 3. The molecular formula is C31H35N3O6S. The third-order valence-electron chi connectivity index (χ3n) is 5.88. The van der Waals surface area contributed by atoms with Gasteiger partial charge in [-0.1, -0.05) is 91.0 Å². The predicted molar refractivity (Wildman–Crippen MR) is 158 cm³/mol. The third-order valence-corrected chi connectivity index (χ3v) is 7.52. The van der Waals surface area contributed by atoms with Gasteiger partial charge in [-0.3, -0.25) is 9.59 Å². The highest BCUT2D eigenvalue weighted by atomic mass is 32.2. The molecule has 3 aromatic carbocycles. The van der Waals surface area contributed by atoms with E-state index in [0.29, 0.717) is 0 Å². The third kappa shape index (κ3) is 9.11. The molecule has 3 rings (SSSR count). The van der Waals surface area contributed by atoms with Gasteiger partial charge < -0.3 is 25.8 Å². The Morgan fingerprint density at radius 2 is 1.17 bits per heavy atom. The normalized spacial score (nSPS) is 12.1. The van der Waals surface area contributed by atoms with Gasteiger partial charge in [0.1, 0.15) is 18.2 Å². The first kappa shape index (κ1) is 31.2. The summed E-state index contributed by atoms with van der Waals surface area (Å²) in [5, 5.41) is 17.2. The van der Waals surface area contributed by atoms with E-state index in [1.54, 1.807) is 20.8 Å². The molecule has 1 atom stereocenters. The molecule has 0 saturated heterocycles. The van der Waals surface area contributed by atoms with Gasteiger partial charge in [0.05, 0.1) is 11.3 Å². The second-order valence-electron chi connectivity index (χ2n) is 10.2. The highest BCUT2D eigenvalue weighted by Gasteiger charge is 2.38. The van der Waals surface area contributed by atoms with Crippen LogP contribution >= 0.6 is 11.8 Å². The minimum atomic E-state index is -1.24. The smallest absolute Gasteiger partial charge is 0.408 e. The molecule has 41 heavy (non-hydrogen) atoms. The quantitative estimate of drug-likeness (QED) is 0.240. The van der Waals surface area contributed by atoms with Crippen LogP contribution in [0.15, 0.2) is 91.0 Å². The van der Waals surface area contributed by atoms with Gasteiger partial charge in [-0.15, -0.1) is 11.8 Å². The Morgan fingerprint density at radius 1 is 0.732 bits per heavy atom. The van der Waals surface area contributed by atoms with Crippen LogP contribution in [0.4, 0.5) is 4.79 Å². The molecule has 3 amide bonds. The lowest BCUT2D eigenvalue weighted by atomic mass is 9.84. The fraction of sp³-hybridized carbons (Fsp3) is 0.290.